The van der Waals surface area contributed by atoms with E-state index in [4.69, 9.17) is 16.3 Å². The molecule has 4 N–H and O–H groups in total. The number of rotatable bonds is 4. The van der Waals surface area contributed by atoms with Crippen LogP contribution in [-0.4, -0.2) is 56.0 Å². The molecule has 0 spiro atoms. The molecule has 31 heavy (non-hydrogen) atoms. The van der Waals surface area contributed by atoms with E-state index < -0.39 is 48.8 Å². The SMILES string of the molecule is Cc1ccc(Cn2cc([C@@H]3O[C@H](CO)[C@@H](O)[C@H](O)[C@H]3O)c3cc(F)cc(Cl)c32)c(F)c1. The molecule has 0 radical (unpaired) electrons. The van der Waals surface area contributed by atoms with Crippen LogP contribution in [0.4, 0.5) is 8.78 Å². The number of halogens is 3. The zero-order valence-corrected chi connectivity index (χ0v) is 17.3. The third-order valence-electron chi connectivity index (χ3n) is 5.67. The molecule has 166 valence electrons. The standard InChI is InChI=1S/C22H22ClF2NO5/c1-10-2-3-11(16(25)4-10)7-26-8-14(13-5-12(24)6-15(23)18(13)26)22-21(30)20(29)19(28)17(9-27)31-22/h2-6,8,17,19-22,27-30H,7,9H2,1H3/t17-,19-,20+,21-,22+/m1/s1. The Hall–Kier alpha value is -2.07. The van der Waals surface area contributed by atoms with Gasteiger partial charge in [0.15, 0.2) is 0 Å². The summed E-state index contributed by atoms with van der Waals surface area (Å²) in [5, 5.41) is 40.6. The molecule has 1 aliphatic heterocycles. The summed E-state index contributed by atoms with van der Waals surface area (Å²) in [5.41, 5.74) is 1.83. The first-order chi connectivity index (χ1) is 14.7. The van der Waals surface area contributed by atoms with E-state index in [9.17, 15) is 29.2 Å². The molecule has 0 saturated carbocycles. The van der Waals surface area contributed by atoms with E-state index >= 15 is 0 Å². The molecule has 2 aromatic carbocycles. The van der Waals surface area contributed by atoms with E-state index in [1.807, 2.05) is 0 Å². The van der Waals surface area contributed by atoms with Gasteiger partial charge in [0.25, 0.3) is 0 Å². The summed E-state index contributed by atoms with van der Waals surface area (Å²) in [6, 6.07) is 7.15. The number of aromatic nitrogens is 1. The highest BCUT2D eigenvalue weighted by atomic mass is 35.5. The molecule has 0 aliphatic carbocycles. The van der Waals surface area contributed by atoms with Crippen molar-refractivity contribution in [2.24, 2.45) is 0 Å². The molecule has 1 aliphatic rings. The number of hydrogen-bond acceptors (Lipinski definition) is 5. The van der Waals surface area contributed by atoms with Gasteiger partial charge in [0.2, 0.25) is 0 Å². The molecule has 6 nitrogen and oxygen atoms in total. The fraction of sp³-hybridized carbons (Fsp3) is 0.364. The minimum Gasteiger partial charge on any atom is -0.394 e. The minimum absolute atomic E-state index is 0.0748. The van der Waals surface area contributed by atoms with Crippen LogP contribution in [0.1, 0.15) is 22.8 Å². The number of benzene rings is 2. The fourth-order valence-electron chi connectivity index (χ4n) is 4.05. The number of fused-ring (bicyclic) bond motifs is 1. The first kappa shape index (κ1) is 22.1. The van der Waals surface area contributed by atoms with Crippen LogP contribution in [0, 0.1) is 18.6 Å². The van der Waals surface area contributed by atoms with Gasteiger partial charge in [-0.15, -0.1) is 0 Å². The van der Waals surface area contributed by atoms with E-state index in [-0.39, 0.29) is 11.6 Å². The molecule has 3 aromatic rings. The molecule has 5 atom stereocenters. The normalized spacial score (nSPS) is 26.5. The average Bonchev–Trinajstić information content (AvgIpc) is 3.07. The summed E-state index contributed by atoms with van der Waals surface area (Å²) in [7, 11) is 0. The van der Waals surface area contributed by atoms with Gasteiger partial charge in [0.05, 0.1) is 23.7 Å². The lowest BCUT2D eigenvalue weighted by Gasteiger charge is -2.40. The zero-order valence-electron chi connectivity index (χ0n) is 16.5. The topological polar surface area (TPSA) is 95.1 Å². The predicted octanol–water partition coefficient (Wildman–Crippen LogP) is 2.44. The Morgan fingerprint density at radius 2 is 1.81 bits per heavy atom. The van der Waals surface area contributed by atoms with Crippen LogP contribution in [0.3, 0.4) is 0 Å². The Morgan fingerprint density at radius 1 is 1.06 bits per heavy atom. The predicted molar refractivity (Wildman–Crippen MR) is 110 cm³/mol. The van der Waals surface area contributed by atoms with Crippen molar-refractivity contribution in [3.05, 3.63) is 69.9 Å². The van der Waals surface area contributed by atoms with Gasteiger partial charge in [0, 0.05) is 22.7 Å². The summed E-state index contributed by atoms with van der Waals surface area (Å²) in [4.78, 5) is 0. The van der Waals surface area contributed by atoms with E-state index in [2.05, 4.69) is 0 Å². The van der Waals surface area contributed by atoms with Crippen LogP contribution in [0.15, 0.2) is 36.5 Å². The number of aryl methyl sites for hydroxylation is 1. The van der Waals surface area contributed by atoms with Crippen LogP contribution in [-0.2, 0) is 11.3 Å². The number of ether oxygens (including phenoxy) is 1. The largest absolute Gasteiger partial charge is 0.394 e. The highest BCUT2D eigenvalue weighted by Crippen LogP contribution is 2.39. The maximum Gasteiger partial charge on any atom is 0.128 e. The van der Waals surface area contributed by atoms with E-state index in [0.717, 1.165) is 11.6 Å². The van der Waals surface area contributed by atoms with Gasteiger partial charge in [-0.05, 0) is 30.7 Å². The number of hydrogen-bond donors (Lipinski definition) is 4. The Bertz CT molecular complexity index is 1120. The third kappa shape index (κ3) is 3.95. The van der Waals surface area contributed by atoms with Crippen molar-refractivity contribution < 1.29 is 33.9 Å². The second-order valence-corrected chi connectivity index (χ2v) is 8.25. The maximum absolute atomic E-state index is 14.5. The summed E-state index contributed by atoms with van der Waals surface area (Å²) >= 11 is 6.31. The molecule has 1 aromatic heterocycles. The van der Waals surface area contributed by atoms with Gasteiger partial charge in [-0.1, -0.05) is 23.7 Å². The number of nitrogens with zero attached hydrogens (tertiary/aromatic N) is 1. The van der Waals surface area contributed by atoms with Crippen molar-refractivity contribution in [1.82, 2.24) is 4.57 Å². The molecule has 0 unspecified atom stereocenters. The van der Waals surface area contributed by atoms with Gasteiger partial charge in [-0.25, -0.2) is 8.78 Å². The van der Waals surface area contributed by atoms with Crippen LogP contribution in [0.25, 0.3) is 10.9 Å². The molecule has 4 rings (SSSR count). The monoisotopic (exact) mass is 453 g/mol. The van der Waals surface area contributed by atoms with Crippen LogP contribution < -0.4 is 0 Å². The van der Waals surface area contributed by atoms with Crippen molar-refractivity contribution >= 4 is 22.5 Å². The van der Waals surface area contributed by atoms with Crippen molar-refractivity contribution in [3.8, 4) is 0 Å². The summed E-state index contributed by atoms with van der Waals surface area (Å²) < 4.78 is 35.9. The lowest BCUT2D eigenvalue weighted by Crippen LogP contribution is -2.55. The Labute approximate surface area is 181 Å². The van der Waals surface area contributed by atoms with Gasteiger partial charge in [-0.3, -0.25) is 0 Å². The molecular formula is C22H22ClF2NO5. The molecular weight excluding hydrogens is 432 g/mol. The first-order valence-electron chi connectivity index (χ1n) is 9.74. The maximum atomic E-state index is 14.5. The Balaban J connectivity index is 1.84. The van der Waals surface area contributed by atoms with Crippen molar-refractivity contribution in [2.45, 2.75) is 44.0 Å². The summed E-state index contributed by atoms with van der Waals surface area (Å²) in [6.45, 7) is 1.25. The number of aliphatic hydroxyl groups excluding tert-OH is 4. The van der Waals surface area contributed by atoms with Crippen LogP contribution in [0.5, 0.6) is 0 Å². The van der Waals surface area contributed by atoms with Crippen LogP contribution in [0.2, 0.25) is 5.02 Å². The zero-order chi connectivity index (χ0) is 22.4. The van der Waals surface area contributed by atoms with Crippen molar-refractivity contribution in [2.75, 3.05) is 6.61 Å². The van der Waals surface area contributed by atoms with Gasteiger partial charge >= 0.3 is 0 Å². The summed E-state index contributed by atoms with van der Waals surface area (Å²) in [5.74, 6) is -1.03. The summed E-state index contributed by atoms with van der Waals surface area (Å²) in [6.07, 6.45) is -5.42. The molecule has 0 amide bonds. The highest BCUT2D eigenvalue weighted by molar-refractivity contribution is 6.35. The Kier molecular flexibility index (Phi) is 6.04. The third-order valence-corrected chi connectivity index (χ3v) is 5.96. The lowest BCUT2D eigenvalue weighted by molar-refractivity contribution is -0.231. The van der Waals surface area contributed by atoms with Crippen LogP contribution >= 0.6 is 11.6 Å². The fourth-order valence-corrected chi connectivity index (χ4v) is 4.37. The van der Waals surface area contributed by atoms with Crippen molar-refractivity contribution in [3.63, 3.8) is 0 Å². The molecule has 0 bridgehead atoms. The highest BCUT2D eigenvalue weighted by Gasteiger charge is 2.45. The first-order valence-corrected chi connectivity index (χ1v) is 10.1. The molecule has 1 fully saturated rings. The average molecular weight is 454 g/mol. The van der Waals surface area contributed by atoms with Crippen molar-refractivity contribution in [1.29, 1.82) is 0 Å². The van der Waals surface area contributed by atoms with Gasteiger partial charge < -0.3 is 29.7 Å². The molecule has 9 heteroatoms. The quantitative estimate of drug-likeness (QED) is 0.487. The molecule has 2 heterocycles. The molecule has 1 saturated heterocycles. The van der Waals surface area contributed by atoms with Gasteiger partial charge in [-0.2, -0.15) is 0 Å². The second kappa shape index (κ2) is 8.46. The second-order valence-electron chi connectivity index (χ2n) is 7.84. The van der Waals surface area contributed by atoms with E-state index in [0.29, 0.717) is 22.0 Å². The van der Waals surface area contributed by atoms with Gasteiger partial charge in [0.1, 0.15) is 42.2 Å². The lowest BCUT2D eigenvalue weighted by atomic mass is 9.91. The van der Waals surface area contributed by atoms with E-state index in [1.165, 1.54) is 12.1 Å². The van der Waals surface area contributed by atoms with E-state index in [1.54, 1.807) is 29.8 Å². The minimum atomic E-state index is -1.59. The smallest absolute Gasteiger partial charge is 0.128 e. The Morgan fingerprint density at radius 3 is 2.48 bits per heavy atom. The number of aliphatic hydroxyl groups is 4.